The molecular formula is C16H22BrNO2. The summed E-state index contributed by atoms with van der Waals surface area (Å²) in [6, 6.07) is 5.63. The lowest BCUT2D eigenvalue weighted by atomic mass is 9.79. The number of aliphatic hydroxyl groups excluding tert-OH is 1. The zero-order valence-electron chi connectivity index (χ0n) is 11.9. The molecule has 2 unspecified atom stereocenters. The van der Waals surface area contributed by atoms with E-state index in [4.69, 9.17) is 0 Å². The molecule has 1 aliphatic carbocycles. The third kappa shape index (κ3) is 3.83. The molecule has 0 saturated heterocycles. The van der Waals surface area contributed by atoms with E-state index in [2.05, 4.69) is 21.2 Å². The summed E-state index contributed by atoms with van der Waals surface area (Å²) in [4.78, 5) is 12.2. The molecule has 1 saturated carbocycles. The van der Waals surface area contributed by atoms with Gasteiger partial charge in [0, 0.05) is 23.2 Å². The predicted molar refractivity (Wildman–Crippen MR) is 83.7 cm³/mol. The summed E-state index contributed by atoms with van der Waals surface area (Å²) in [6.45, 7) is 2.88. The van der Waals surface area contributed by atoms with E-state index in [9.17, 15) is 9.90 Å². The van der Waals surface area contributed by atoms with Gasteiger partial charge in [-0.05, 0) is 55.4 Å². The largest absolute Gasteiger partial charge is 0.396 e. The lowest BCUT2D eigenvalue weighted by Crippen LogP contribution is -2.35. The molecule has 0 aliphatic heterocycles. The highest BCUT2D eigenvalue weighted by atomic mass is 79.9. The van der Waals surface area contributed by atoms with Crippen molar-refractivity contribution in [3.63, 3.8) is 0 Å². The van der Waals surface area contributed by atoms with Crippen LogP contribution in [-0.2, 0) is 0 Å². The normalized spacial score (nSPS) is 22.6. The van der Waals surface area contributed by atoms with Gasteiger partial charge < -0.3 is 10.4 Å². The van der Waals surface area contributed by atoms with Gasteiger partial charge in [0.1, 0.15) is 0 Å². The Morgan fingerprint density at radius 3 is 2.70 bits per heavy atom. The molecule has 3 nitrogen and oxygen atoms in total. The third-order valence-corrected chi connectivity index (χ3v) is 5.14. The second-order valence-electron chi connectivity index (χ2n) is 5.66. The zero-order chi connectivity index (χ0) is 14.5. The summed E-state index contributed by atoms with van der Waals surface area (Å²) in [5.74, 6) is 0.729. The summed E-state index contributed by atoms with van der Waals surface area (Å²) in [7, 11) is 0. The van der Waals surface area contributed by atoms with Crippen molar-refractivity contribution in [2.24, 2.45) is 11.8 Å². The molecule has 110 valence electrons. The molecule has 0 heterocycles. The molecular weight excluding hydrogens is 318 g/mol. The molecule has 4 heteroatoms. The first-order valence-corrected chi connectivity index (χ1v) is 8.06. The van der Waals surface area contributed by atoms with Crippen molar-refractivity contribution in [1.29, 1.82) is 0 Å². The van der Waals surface area contributed by atoms with Crippen molar-refractivity contribution in [1.82, 2.24) is 5.32 Å². The second-order valence-corrected chi connectivity index (χ2v) is 6.52. The van der Waals surface area contributed by atoms with E-state index in [0.29, 0.717) is 23.9 Å². The van der Waals surface area contributed by atoms with Crippen LogP contribution in [0.25, 0.3) is 0 Å². The highest BCUT2D eigenvalue weighted by Crippen LogP contribution is 2.29. The molecule has 0 radical (unpaired) electrons. The van der Waals surface area contributed by atoms with Crippen molar-refractivity contribution in [3.8, 4) is 0 Å². The van der Waals surface area contributed by atoms with E-state index in [1.165, 1.54) is 12.8 Å². The van der Waals surface area contributed by atoms with Gasteiger partial charge in [0.15, 0.2) is 0 Å². The Kier molecular flexibility index (Phi) is 5.61. The van der Waals surface area contributed by atoms with Crippen molar-refractivity contribution in [2.45, 2.75) is 32.6 Å². The lowest BCUT2D eigenvalue weighted by molar-refractivity contribution is 0.0909. The molecule has 0 spiro atoms. The van der Waals surface area contributed by atoms with Crippen LogP contribution in [-0.4, -0.2) is 24.2 Å². The first-order valence-electron chi connectivity index (χ1n) is 7.27. The van der Waals surface area contributed by atoms with E-state index in [1.54, 1.807) is 0 Å². The molecule has 2 atom stereocenters. The van der Waals surface area contributed by atoms with E-state index in [0.717, 1.165) is 22.9 Å². The Bertz CT molecular complexity index is 476. The molecule has 1 aromatic carbocycles. The smallest absolute Gasteiger partial charge is 0.251 e. The minimum Gasteiger partial charge on any atom is -0.396 e. The number of amides is 1. The Morgan fingerprint density at radius 2 is 2.05 bits per heavy atom. The van der Waals surface area contributed by atoms with Crippen LogP contribution in [0.4, 0.5) is 0 Å². The topological polar surface area (TPSA) is 49.3 Å². The minimum atomic E-state index is -0.0251. The van der Waals surface area contributed by atoms with Crippen LogP contribution in [0.3, 0.4) is 0 Å². The second kappa shape index (κ2) is 7.23. The average Bonchev–Trinajstić information content (AvgIpc) is 2.47. The van der Waals surface area contributed by atoms with Gasteiger partial charge >= 0.3 is 0 Å². The van der Waals surface area contributed by atoms with Crippen LogP contribution in [0, 0.1) is 18.8 Å². The number of rotatable bonds is 4. The number of benzene rings is 1. The number of aryl methyl sites for hydroxylation is 1. The monoisotopic (exact) mass is 339 g/mol. The number of carbonyl (C=O) groups is 1. The molecule has 2 rings (SSSR count). The van der Waals surface area contributed by atoms with Gasteiger partial charge in [-0.1, -0.05) is 28.8 Å². The Balaban J connectivity index is 1.92. The average molecular weight is 340 g/mol. The molecule has 20 heavy (non-hydrogen) atoms. The highest BCUT2D eigenvalue weighted by molar-refractivity contribution is 9.10. The van der Waals surface area contributed by atoms with Crippen LogP contribution >= 0.6 is 15.9 Å². The van der Waals surface area contributed by atoms with Crippen molar-refractivity contribution in [3.05, 3.63) is 33.8 Å². The van der Waals surface area contributed by atoms with Gasteiger partial charge in [0.05, 0.1) is 0 Å². The Hall–Kier alpha value is -0.870. The van der Waals surface area contributed by atoms with Gasteiger partial charge in [0.25, 0.3) is 5.91 Å². The van der Waals surface area contributed by atoms with Gasteiger partial charge in [-0.25, -0.2) is 0 Å². The lowest BCUT2D eigenvalue weighted by Gasteiger charge is -2.30. The number of nitrogens with one attached hydrogen (secondary N) is 1. The fraction of sp³-hybridized carbons (Fsp3) is 0.562. The maximum Gasteiger partial charge on any atom is 0.251 e. The predicted octanol–water partition coefficient (Wildman–Crippen LogP) is 3.29. The van der Waals surface area contributed by atoms with Crippen LogP contribution in [0.2, 0.25) is 0 Å². The molecule has 1 aromatic rings. The maximum atomic E-state index is 12.2. The van der Waals surface area contributed by atoms with Crippen LogP contribution < -0.4 is 5.32 Å². The SMILES string of the molecule is Cc1cc(C(=O)NCC2CCCCC2CO)ccc1Br. The Morgan fingerprint density at radius 1 is 1.35 bits per heavy atom. The number of hydrogen-bond donors (Lipinski definition) is 2. The first kappa shape index (κ1) is 15.5. The van der Waals surface area contributed by atoms with Crippen LogP contribution in [0.15, 0.2) is 22.7 Å². The van der Waals surface area contributed by atoms with Gasteiger partial charge in [-0.15, -0.1) is 0 Å². The standard InChI is InChI=1S/C16H22BrNO2/c1-11-8-12(6-7-15(11)17)16(20)18-9-13-4-2-3-5-14(13)10-19/h6-8,13-14,19H,2-5,9-10H2,1H3,(H,18,20). The summed E-state index contributed by atoms with van der Waals surface area (Å²) in [5.41, 5.74) is 1.76. The van der Waals surface area contributed by atoms with Gasteiger partial charge in [-0.2, -0.15) is 0 Å². The van der Waals surface area contributed by atoms with Crippen molar-refractivity contribution < 1.29 is 9.90 Å². The fourth-order valence-electron chi connectivity index (χ4n) is 2.91. The fourth-order valence-corrected chi connectivity index (χ4v) is 3.15. The highest BCUT2D eigenvalue weighted by Gasteiger charge is 2.24. The molecule has 1 aliphatic rings. The van der Waals surface area contributed by atoms with Crippen molar-refractivity contribution in [2.75, 3.05) is 13.2 Å². The zero-order valence-corrected chi connectivity index (χ0v) is 13.4. The molecule has 2 N–H and O–H groups in total. The van der Waals surface area contributed by atoms with E-state index in [-0.39, 0.29) is 12.5 Å². The van der Waals surface area contributed by atoms with E-state index in [1.807, 2.05) is 25.1 Å². The summed E-state index contributed by atoms with van der Waals surface area (Å²) in [6.07, 6.45) is 4.58. The summed E-state index contributed by atoms with van der Waals surface area (Å²) < 4.78 is 1.02. The van der Waals surface area contributed by atoms with E-state index < -0.39 is 0 Å². The summed E-state index contributed by atoms with van der Waals surface area (Å²) >= 11 is 3.44. The van der Waals surface area contributed by atoms with Crippen LogP contribution in [0.5, 0.6) is 0 Å². The van der Waals surface area contributed by atoms with Gasteiger partial charge in [-0.3, -0.25) is 4.79 Å². The van der Waals surface area contributed by atoms with E-state index >= 15 is 0 Å². The number of halogens is 1. The number of carbonyl (C=O) groups excluding carboxylic acids is 1. The molecule has 1 fully saturated rings. The molecule has 0 bridgehead atoms. The quantitative estimate of drug-likeness (QED) is 0.884. The molecule has 1 amide bonds. The summed E-state index contributed by atoms with van der Waals surface area (Å²) in [5, 5.41) is 12.4. The third-order valence-electron chi connectivity index (χ3n) is 4.25. The Labute approximate surface area is 128 Å². The first-order chi connectivity index (χ1) is 9.61. The molecule has 0 aromatic heterocycles. The maximum absolute atomic E-state index is 12.2. The number of hydrogen-bond acceptors (Lipinski definition) is 2. The minimum absolute atomic E-state index is 0.0251. The number of aliphatic hydroxyl groups is 1. The van der Waals surface area contributed by atoms with Gasteiger partial charge in [0.2, 0.25) is 0 Å². The van der Waals surface area contributed by atoms with Crippen LogP contribution in [0.1, 0.15) is 41.6 Å². The van der Waals surface area contributed by atoms with Crippen molar-refractivity contribution >= 4 is 21.8 Å².